The van der Waals surface area contributed by atoms with Gasteiger partial charge in [0.1, 0.15) is 0 Å². The van der Waals surface area contributed by atoms with Crippen LogP contribution in [0, 0.1) is 0 Å². The summed E-state index contributed by atoms with van der Waals surface area (Å²) in [5.41, 5.74) is 1.44. The normalized spacial score (nSPS) is 16.4. The molecule has 0 radical (unpaired) electrons. The molecule has 2 amide bonds. The average Bonchev–Trinajstić information content (AvgIpc) is 3.13. The molecule has 0 spiro atoms. The fourth-order valence-electron chi connectivity index (χ4n) is 2.72. The molecular weight excluding hydrogens is 384 g/mol. The topological polar surface area (TPSA) is 67.4 Å². The molecule has 0 unspecified atom stereocenters. The van der Waals surface area contributed by atoms with Crippen LogP contribution in [-0.2, 0) is 4.74 Å². The zero-order chi connectivity index (χ0) is 17.6. The van der Waals surface area contributed by atoms with E-state index in [2.05, 4.69) is 26.6 Å². The number of anilines is 1. The lowest BCUT2D eigenvalue weighted by Crippen LogP contribution is -2.32. The van der Waals surface area contributed by atoms with Gasteiger partial charge in [-0.15, -0.1) is 0 Å². The van der Waals surface area contributed by atoms with Crippen molar-refractivity contribution in [1.29, 1.82) is 0 Å². The first-order valence-corrected chi connectivity index (χ1v) is 8.98. The zero-order valence-electron chi connectivity index (χ0n) is 13.6. The number of hydrogen-bond acceptors (Lipinski definition) is 3. The highest BCUT2D eigenvalue weighted by atomic mass is 79.9. The minimum Gasteiger partial charge on any atom is -0.376 e. The van der Waals surface area contributed by atoms with Gasteiger partial charge in [-0.25, -0.2) is 0 Å². The minimum atomic E-state index is -0.263. The van der Waals surface area contributed by atoms with Crippen LogP contribution in [0.5, 0.6) is 0 Å². The van der Waals surface area contributed by atoms with Gasteiger partial charge in [-0.05, 0) is 43.2 Å². The Bertz CT molecular complexity index is 773. The maximum atomic E-state index is 12.5. The Hall–Kier alpha value is -2.18. The molecule has 1 saturated heterocycles. The van der Waals surface area contributed by atoms with Crippen molar-refractivity contribution < 1.29 is 14.3 Å². The number of carbonyl (C=O) groups is 2. The quantitative estimate of drug-likeness (QED) is 0.802. The van der Waals surface area contributed by atoms with Crippen molar-refractivity contribution in [3.63, 3.8) is 0 Å². The molecule has 5 nitrogen and oxygen atoms in total. The molecule has 1 fully saturated rings. The van der Waals surface area contributed by atoms with Crippen LogP contribution in [0.25, 0.3) is 0 Å². The molecule has 6 heteroatoms. The van der Waals surface area contributed by atoms with Crippen molar-refractivity contribution in [3.8, 4) is 0 Å². The Labute approximate surface area is 154 Å². The smallest absolute Gasteiger partial charge is 0.255 e. The Balaban J connectivity index is 1.69. The standard InChI is InChI=1S/C19H19BrN2O3/c20-14-6-3-5-13(11-14)18(23)22-17-9-2-1-8-16(17)19(24)21-12-15-7-4-10-25-15/h1-3,5-6,8-9,11,15H,4,7,10,12H2,(H,21,24)(H,22,23)/t15-/m1/s1. The lowest BCUT2D eigenvalue weighted by atomic mass is 10.1. The molecule has 2 N–H and O–H groups in total. The van der Waals surface area contributed by atoms with Crippen molar-refractivity contribution in [2.24, 2.45) is 0 Å². The molecule has 0 aliphatic carbocycles. The molecule has 0 aromatic heterocycles. The second kappa shape index (κ2) is 8.27. The molecule has 1 heterocycles. The maximum absolute atomic E-state index is 12.5. The van der Waals surface area contributed by atoms with Gasteiger partial charge in [0.25, 0.3) is 11.8 Å². The molecule has 1 atom stereocenters. The van der Waals surface area contributed by atoms with Crippen LogP contribution in [-0.4, -0.2) is 31.1 Å². The van der Waals surface area contributed by atoms with Gasteiger partial charge in [-0.3, -0.25) is 9.59 Å². The Morgan fingerprint density at radius 2 is 1.96 bits per heavy atom. The van der Waals surface area contributed by atoms with Crippen LogP contribution < -0.4 is 10.6 Å². The van der Waals surface area contributed by atoms with Gasteiger partial charge in [0.15, 0.2) is 0 Å². The second-order valence-corrected chi connectivity index (χ2v) is 6.77. The first kappa shape index (κ1) is 17.6. The van der Waals surface area contributed by atoms with Crippen molar-refractivity contribution in [2.75, 3.05) is 18.5 Å². The third kappa shape index (κ3) is 4.67. The van der Waals surface area contributed by atoms with E-state index in [1.165, 1.54) is 0 Å². The number of rotatable bonds is 5. The summed E-state index contributed by atoms with van der Waals surface area (Å²) in [5, 5.41) is 5.69. The van der Waals surface area contributed by atoms with Gasteiger partial charge in [-0.1, -0.05) is 34.1 Å². The van der Waals surface area contributed by atoms with Crippen LogP contribution >= 0.6 is 15.9 Å². The molecule has 0 bridgehead atoms. The van der Waals surface area contributed by atoms with E-state index in [9.17, 15) is 9.59 Å². The van der Waals surface area contributed by atoms with E-state index in [-0.39, 0.29) is 17.9 Å². The van der Waals surface area contributed by atoms with Crippen LogP contribution in [0.15, 0.2) is 53.0 Å². The summed E-state index contributed by atoms with van der Waals surface area (Å²) in [6.45, 7) is 1.23. The zero-order valence-corrected chi connectivity index (χ0v) is 15.2. The molecule has 25 heavy (non-hydrogen) atoms. The van der Waals surface area contributed by atoms with Gasteiger partial charge >= 0.3 is 0 Å². The Morgan fingerprint density at radius 1 is 1.12 bits per heavy atom. The number of benzene rings is 2. The number of halogens is 1. The number of nitrogens with one attached hydrogen (secondary N) is 2. The maximum Gasteiger partial charge on any atom is 0.255 e. The predicted molar refractivity (Wildman–Crippen MR) is 99.8 cm³/mol. The molecule has 0 saturated carbocycles. The van der Waals surface area contributed by atoms with E-state index in [1.807, 2.05) is 6.07 Å². The largest absolute Gasteiger partial charge is 0.376 e. The summed E-state index contributed by atoms with van der Waals surface area (Å²) in [5.74, 6) is -0.485. The van der Waals surface area contributed by atoms with E-state index in [0.717, 1.165) is 23.9 Å². The molecule has 2 aromatic rings. The first-order chi connectivity index (χ1) is 12.1. The SMILES string of the molecule is O=C(Nc1ccccc1C(=O)NC[C@H]1CCCO1)c1cccc(Br)c1. The van der Waals surface area contributed by atoms with Crippen molar-refractivity contribution in [3.05, 3.63) is 64.1 Å². The minimum absolute atomic E-state index is 0.0763. The summed E-state index contributed by atoms with van der Waals surface area (Å²) in [6.07, 6.45) is 2.06. The van der Waals surface area contributed by atoms with Gasteiger partial charge in [0.05, 0.1) is 17.4 Å². The first-order valence-electron chi connectivity index (χ1n) is 8.19. The van der Waals surface area contributed by atoms with Gasteiger partial charge in [0.2, 0.25) is 0 Å². The fraction of sp³-hybridized carbons (Fsp3) is 0.263. The Morgan fingerprint density at radius 3 is 2.72 bits per heavy atom. The number of carbonyl (C=O) groups excluding carboxylic acids is 2. The molecule has 1 aliphatic heterocycles. The second-order valence-electron chi connectivity index (χ2n) is 5.86. The van der Waals surface area contributed by atoms with Gasteiger partial charge < -0.3 is 15.4 Å². The van der Waals surface area contributed by atoms with E-state index >= 15 is 0 Å². The van der Waals surface area contributed by atoms with Crippen molar-refractivity contribution >= 4 is 33.4 Å². The lowest BCUT2D eigenvalue weighted by Gasteiger charge is -2.14. The third-order valence-corrected chi connectivity index (χ3v) is 4.51. The van der Waals surface area contributed by atoms with Crippen LogP contribution in [0.2, 0.25) is 0 Å². The van der Waals surface area contributed by atoms with Crippen molar-refractivity contribution in [2.45, 2.75) is 18.9 Å². The average molecular weight is 403 g/mol. The predicted octanol–water partition coefficient (Wildman–Crippen LogP) is 3.61. The fourth-order valence-corrected chi connectivity index (χ4v) is 3.12. The number of hydrogen-bond donors (Lipinski definition) is 2. The van der Waals surface area contributed by atoms with Crippen LogP contribution in [0.1, 0.15) is 33.6 Å². The highest BCUT2D eigenvalue weighted by molar-refractivity contribution is 9.10. The van der Waals surface area contributed by atoms with E-state index < -0.39 is 0 Å². The third-order valence-electron chi connectivity index (χ3n) is 4.02. The molecule has 1 aliphatic rings. The molecule has 130 valence electrons. The summed E-state index contributed by atoms with van der Waals surface area (Å²) in [4.78, 5) is 24.9. The van der Waals surface area contributed by atoms with Gasteiger partial charge in [-0.2, -0.15) is 0 Å². The van der Waals surface area contributed by atoms with Crippen LogP contribution in [0.4, 0.5) is 5.69 Å². The summed E-state index contributed by atoms with van der Waals surface area (Å²) < 4.78 is 6.34. The number of amides is 2. The molecular formula is C19H19BrN2O3. The Kier molecular flexibility index (Phi) is 5.83. The van der Waals surface area contributed by atoms with Crippen molar-refractivity contribution in [1.82, 2.24) is 5.32 Å². The lowest BCUT2D eigenvalue weighted by molar-refractivity contribution is 0.0858. The van der Waals surface area contributed by atoms with Gasteiger partial charge in [0, 0.05) is 23.2 Å². The molecule has 2 aromatic carbocycles. The number of para-hydroxylation sites is 1. The van der Waals surface area contributed by atoms with Crippen LogP contribution in [0.3, 0.4) is 0 Å². The molecule has 3 rings (SSSR count). The van der Waals surface area contributed by atoms with E-state index in [0.29, 0.717) is 23.4 Å². The van der Waals surface area contributed by atoms with E-state index in [1.54, 1.807) is 42.5 Å². The highest BCUT2D eigenvalue weighted by Crippen LogP contribution is 2.18. The monoisotopic (exact) mass is 402 g/mol. The summed E-state index contributed by atoms with van der Waals surface area (Å²) in [7, 11) is 0. The highest BCUT2D eigenvalue weighted by Gasteiger charge is 2.18. The summed E-state index contributed by atoms with van der Waals surface area (Å²) in [6, 6.07) is 14.1. The number of ether oxygens (including phenoxy) is 1. The summed E-state index contributed by atoms with van der Waals surface area (Å²) >= 11 is 3.35. The van der Waals surface area contributed by atoms with E-state index in [4.69, 9.17) is 4.74 Å².